The van der Waals surface area contributed by atoms with Crippen LogP contribution in [0.1, 0.15) is 16.1 Å². The van der Waals surface area contributed by atoms with Crippen LogP contribution in [0, 0.1) is 5.82 Å². The van der Waals surface area contributed by atoms with E-state index in [2.05, 4.69) is 15.4 Å². The standard InChI is InChI=1S/C19H16FN5O2S/c1-24-10-4-6-14(18(24)27)17(26)21-9-8-12-11-28-19-22-16(23-25(12)19)13-5-2-3-7-15(13)20/h2-7,10-11H,8-9H2,1H3,(H,21,26). The lowest BCUT2D eigenvalue weighted by molar-refractivity contribution is 0.0952. The van der Waals surface area contributed by atoms with Gasteiger partial charge in [0.1, 0.15) is 11.4 Å². The maximum Gasteiger partial charge on any atom is 0.263 e. The third kappa shape index (κ3) is 3.31. The van der Waals surface area contributed by atoms with Crippen molar-refractivity contribution < 1.29 is 9.18 Å². The molecule has 0 saturated heterocycles. The Labute approximate surface area is 163 Å². The summed E-state index contributed by atoms with van der Waals surface area (Å²) in [5.41, 5.74) is 0.945. The highest BCUT2D eigenvalue weighted by Gasteiger charge is 2.15. The summed E-state index contributed by atoms with van der Waals surface area (Å²) in [5.74, 6) is -0.472. The summed E-state index contributed by atoms with van der Waals surface area (Å²) in [6, 6.07) is 9.50. The van der Waals surface area contributed by atoms with E-state index < -0.39 is 5.91 Å². The van der Waals surface area contributed by atoms with Crippen molar-refractivity contribution in [2.75, 3.05) is 6.54 Å². The molecule has 0 radical (unpaired) electrons. The van der Waals surface area contributed by atoms with Gasteiger partial charge >= 0.3 is 0 Å². The van der Waals surface area contributed by atoms with Crippen LogP contribution in [0.3, 0.4) is 0 Å². The molecule has 0 aliphatic heterocycles. The van der Waals surface area contributed by atoms with E-state index in [0.29, 0.717) is 29.3 Å². The summed E-state index contributed by atoms with van der Waals surface area (Å²) >= 11 is 1.40. The first kappa shape index (κ1) is 18.1. The van der Waals surface area contributed by atoms with Crippen LogP contribution in [-0.4, -0.2) is 31.6 Å². The first-order valence-electron chi connectivity index (χ1n) is 8.56. The molecule has 0 aliphatic carbocycles. The third-order valence-electron chi connectivity index (χ3n) is 4.30. The highest BCUT2D eigenvalue weighted by molar-refractivity contribution is 7.15. The van der Waals surface area contributed by atoms with Crippen molar-refractivity contribution in [2.45, 2.75) is 6.42 Å². The second kappa shape index (κ2) is 7.35. The van der Waals surface area contributed by atoms with Gasteiger partial charge in [-0.2, -0.15) is 4.98 Å². The highest BCUT2D eigenvalue weighted by atomic mass is 32.1. The molecule has 0 aliphatic rings. The van der Waals surface area contributed by atoms with Crippen LogP contribution in [0.4, 0.5) is 4.39 Å². The van der Waals surface area contributed by atoms with Crippen LogP contribution in [0.2, 0.25) is 0 Å². The fourth-order valence-electron chi connectivity index (χ4n) is 2.82. The molecule has 9 heteroatoms. The Morgan fingerprint density at radius 2 is 2.07 bits per heavy atom. The number of aromatic nitrogens is 4. The van der Waals surface area contributed by atoms with E-state index in [-0.39, 0.29) is 16.9 Å². The number of carbonyl (C=O) groups excluding carboxylic acids is 1. The van der Waals surface area contributed by atoms with Gasteiger partial charge < -0.3 is 9.88 Å². The van der Waals surface area contributed by atoms with Crippen molar-refractivity contribution in [3.63, 3.8) is 0 Å². The number of pyridine rings is 1. The van der Waals surface area contributed by atoms with Crippen LogP contribution in [0.15, 0.2) is 52.8 Å². The van der Waals surface area contributed by atoms with Gasteiger partial charge in [-0.3, -0.25) is 9.59 Å². The number of fused-ring (bicyclic) bond motifs is 1. The van der Waals surface area contributed by atoms with Crippen molar-refractivity contribution in [3.8, 4) is 11.4 Å². The van der Waals surface area contributed by atoms with Gasteiger partial charge in [-0.1, -0.05) is 12.1 Å². The van der Waals surface area contributed by atoms with E-state index in [1.807, 2.05) is 5.38 Å². The Morgan fingerprint density at radius 1 is 1.25 bits per heavy atom. The summed E-state index contributed by atoms with van der Waals surface area (Å²) in [6.07, 6.45) is 2.10. The molecule has 142 valence electrons. The predicted octanol–water partition coefficient (Wildman–Crippen LogP) is 2.27. The maximum atomic E-state index is 14.0. The van der Waals surface area contributed by atoms with Crippen LogP contribution in [0.25, 0.3) is 16.3 Å². The lowest BCUT2D eigenvalue weighted by Gasteiger charge is -2.05. The van der Waals surface area contributed by atoms with Crippen molar-refractivity contribution in [3.05, 3.63) is 75.4 Å². The Morgan fingerprint density at radius 3 is 2.89 bits per heavy atom. The smallest absolute Gasteiger partial charge is 0.263 e. The topological polar surface area (TPSA) is 81.3 Å². The second-order valence-electron chi connectivity index (χ2n) is 6.18. The molecule has 0 unspecified atom stereocenters. The van der Waals surface area contributed by atoms with Gasteiger partial charge in [0.15, 0.2) is 5.82 Å². The van der Waals surface area contributed by atoms with Gasteiger partial charge in [-0.15, -0.1) is 16.4 Å². The molecule has 28 heavy (non-hydrogen) atoms. The molecule has 3 heterocycles. The summed E-state index contributed by atoms with van der Waals surface area (Å²) < 4.78 is 17.0. The fourth-order valence-corrected chi connectivity index (χ4v) is 3.68. The SMILES string of the molecule is Cn1cccc(C(=O)NCCc2csc3nc(-c4ccccc4F)nn23)c1=O. The molecule has 0 spiro atoms. The molecule has 0 atom stereocenters. The monoisotopic (exact) mass is 397 g/mol. The minimum atomic E-state index is -0.418. The number of carbonyl (C=O) groups is 1. The van der Waals surface area contributed by atoms with Gasteiger partial charge in [0.05, 0.1) is 11.3 Å². The molecule has 7 nitrogen and oxygen atoms in total. The van der Waals surface area contributed by atoms with Gasteiger partial charge in [-0.05, 0) is 24.3 Å². The molecule has 1 amide bonds. The third-order valence-corrected chi connectivity index (χ3v) is 5.16. The largest absolute Gasteiger partial charge is 0.351 e. The predicted molar refractivity (Wildman–Crippen MR) is 104 cm³/mol. The number of thiazole rings is 1. The number of halogens is 1. The first-order valence-corrected chi connectivity index (χ1v) is 9.44. The van der Waals surface area contributed by atoms with E-state index in [0.717, 1.165) is 5.69 Å². The van der Waals surface area contributed by atoms with Crippen LogP contribution in [0.5, 0.6) is 0 Å². The molecule has 1 N–H and O–H groups in total. The van der Waals surface area contributed by atoms with E-state index in [9.17, 15) is 14.0 Å². The molecule has 4 rings (SSSR count). The molecule has 1 aromatic carbocycles. The average Bonchev–Trinajstić information content (AvgIpc) is 3.26. The first-order chi connectivity index (χ1) is 13.5. The maximum absolute atomic E-state index is 14.0. The molecule has 3 aromatic heterocycles. The zero-order valence-corrected chi connectivity index (χ0v) is 15.7. The van der Waals surface area contributed by atoms with E-state index in [4.69, 9.17) is 0 Å². The Hall–Kier alpha value is -3.33. The van der Waals surface area contributed by atoms with Crippen LogP contribution < -0.4 is 10.9 Å². The van der Waals surface area contributed by atoms with Crippen LogP contribution >= 0.6 is 11.3 Å². The quantitative estimate of drug-likeness (QED) is 0.560. The minimum absolute atomic E-state index is 0.100. The summed E-state index contributed by atoms with van der Waals surface area (Å²) in [6.45, 7) is 0.331. The zero-order chi connectivity index (χ0) is 19.7. The number of hydrogen-bond acceptors (Lipinski definition) is 5. The number of nitrogens with one attached hydrogen (secondary N) is 1. The van der Waals surface area contributed by atoms with E-state index >= 15 is 0 Å². The van der Waals surface area contributed by atoms with E-state index in [1.54, 1.807) is 42.0 Å². The molecule has 0 fully saturated rings. The number of nitrogens with zero attached hydrogens (tertiary/aromatic N) is 4. The van der Waals surface area contributed by atoms with Crippen molar-refractivity contribution in [1.29, 1.82) is 0 Å². The Kier molecular flexibility index (Phi) is 4.74. The minimum Gasteiger partial charge on any atom is -0.351 e. The molecular weight excluding hydrogens is 381 g/mol. The van der Waals surface area contributed by atoms with Gasteiger partial charge in [0, 0.05) is 31.6 Å². The summed E-state index contributed by atoms with van der Waals surface area (Å²) in [5, 5.41) is 9.04. The normalized spacial score (nSPS) is 11.1. The zero-order valence-electron chi connectivity index (χ0n) is 14.9. The van der Waals surface area contributed by atoms with Gasteiger partial charge in [-0.25, -0.2) is 8.91 Å². The average molecular weight is 397 g/mol. The molecule has 0 bridgehead atoms. The fraction of sp³-hybridized carbons (Fsp3) is 0.158. The Balaban J connectivity index is 1.48. The van der Waals surface area contributed by atoms with Crippen LogP contribution in [-0.2, 0) is 13.5 Å². The molecular formula is C19H16FN5O2S. The van der Waals surface area contributed by atoms with Crippen molar-refractivity contribution >= 4 is 22.2 Å². The van der Waals surface area contributed by atoms with Gasteiger partial charge in [0.25, 0.3) is 11.5 Å². The molecule has 4 aromatic rings. The number of rotatable bonds is 5. The highest BCUT2D eigenvalue weighted by Crippen LogP contribution is 2.23. The van der Waals surface area contributed by atoms with Crippen molar-refractivity contribution in [1.82, 2.24) is 24.5 Å². The second-order valence-corrected chi connectivity index (χ2v) is 7.02. The molecule has 0 saturated carbocycles. The lowest BCUT2D eigenvalue weighted by atomic mass is 10.2. The number of amides is 1. The van der Waals surface area contributed by atoms with Crippen molar-refractivity contribution in [2.24, 2.45) is 7.05 Å². The van der Waals surface area contributed by atoms with E-state index in [1.165, 1.54) is 28.0 Å². The number of benzene rings is 1. The number of aryl methyl sites for hydroxylation is 1. The Bertz CT molecular complexity index is 1230. The summed E-state index contributed by atoms with van der Waals surface area (Å²) in [4.78, 5) is 29.3. The number of hydrogen-bond donors (Lipinski definition) is 1. The summed E-state index contributed by atoms with van der Waals surface area (Å²) in [7, 11) is 1.60. The lowest BCUT2D eigenvalue weighted by Crippen LogP contribution is -2.33. The van der Waals surface area contributed by atoms with Gasteiger partial charge in [0.2, 0.25) is 4.96 Å².